The highest BCUT2D eigenvalue weighted by Crippen LogP contribution is 2.45. The van der Waals surface area contributed by atoms with E-state index in [2.05, 4.69) is 26.9 Å². The van der Waals surface area contributed by atoms with Gasteiger partial charge >= 0.3 is 35.8 Å². The van der Waals surface area contributed by atoms with Crippen LogP contribution in [-0.2, 0) is 36.8 Å². The smallest absolute Gasteiger partial charge is 0.337 e. The lowest BCUT2D eigenvalue weighted by Crippen LogP contribution is -2.10. The van der Waals surface area contributed by atoms with E-state index in [1.807, 2.05) is 85.7 Å². The van der Waals surface area contributed by atoms with Gasteiger partial charge in [-0.25, -0.2) is 29.5 Å². The molecule has 10 N–H and O–H groups in total. The second kappa shape index (κ2) is 24.7. The van der Waals surface area contributed by atoms with Crippen molar-refractivity contribution in [3.8, 4) is 22.5 Å². The number of benzene rings is 1. The fourth-order valence-corrected chi connectivity index (χ4v) is 13.6. The van der Waals surface area contributed by atoms with Crippen molar-refractivity contribution in [2.75, 3.05) is 0 Å². The van der Waals surface area contributed by atoms with Crippen molar-refractivity contribution in [2.24, 2.45) is 0 Å². The van der Waals surface area contributed by atoms with Crippen LogP contribution in [0.5, 0.6) is 0 Å². The molecule has 4 aliphatic heterocycles. The minimum atomic E-state index is -1.49. The van der Waals surface area contributed by atoms with Crippen LogP contribution in [0.2, 0.25) is 0 Å². The second-order valence-corrected chi connectivity index (χ2v) is 24.0. The highest BCUT2D eigenvalue weighted by Gasteiger charge is 2.32. The Morgan fingerprint density at radius 1 is 0.413 bits per heavy atom. The quantitative estimate of drug-likeness (QED) is 0.0359. The van der Waals surface area contributed by atoms with Crippen molar-refractivity contribution in [2.45, 2.75) is 139 Å². The first-order chi connectivity index (χ1) is 43.7. The van der Waals surface area contributed by atoms with Crippen LogP contribution in [0.15, 0.2) is 60.7 Å². The van der Waals surface area contributed by atoms with Gasteiger partial charge in [0.05, 0.1) is 68.9 Å². The lowest BCUT2D eigenvalue weighted by Gasteiger charge is -2.20. The van der Waals surface area contributed by atoms with Crippen LogP contribution in [0.3, 0.4) is 0 Å². The molecule has 0 fully saturated rings. The third kappa shape index (κ3) is 11.7. The van der Waals surface area contributed by atoms with E-state index in [4.69, 9.17) is 24.7 Å². The number of nitrogens with one attached hydrogen (secondary N) is 4. The molecule has 1 aromatic carbocycles. The van der Waals surface area contributed by atoms with Gasteiger partial charge in [-0.3, -0.25) is 19.2 Å². The van der Waals surface area contributed by atoms with Gasteiger partial charge in [0.25, 0.3) is 0 Å². The van der Waals surface area contributed by atoms with Crippen molar-refractivity contribution >= 4 is 113 Å². The van der Waals surface area contributed by atoms with Gasteiger partial charge in [-0.15, -0.1) is 0 Å². The van der Waals surface area contributed by atoms with Crippen LogP contribution < -0.4 is 0 Å². The number of aromatic amines is 4. The van der Waals surface area contributed by atoms with Gasteiger partial charge in [0.2, 0.25) is 0 Å². The number of nitrogens with zero attached hydrogens (tertiary/aromatic N) is 4. The highest BCUT2D eigenvalue weighted by molar-refractivity contribution is 6.11. The van der Waals surface area contributed by atoms with Gasteiger partial charge in [0, 0.05) is 92.1 Å². The molecule has 11 rings (SSSR count). The van der Waals surface area contributed by atoms with Crippen LogP contribution >= 0.6 is 0 Å². The topological polar surface area (TPSA) is 348 Å². The van der Waals surface area contributed by atoms with Crippen molar-refractivity contribution in [1.82, 2.24) is 39.9 Å². The van der Waals surface area contributed by atoms with Crippen LogP contribution in [0.1, 0.15) is 198 Å². The van der Waals surface area contributed by atoms with Gasteiger partial charge in [0.1, 0.15) is 0 Å². The Balaban J connectivity index is 1.15. The third-order valence-electron chi connectivity index (χ3n) is 18.4. The number of aliphatic carboxylic acids is 4. The number of rotatable bonds is 19. The molecule has 6 aromatic heterocycles. The minimum Gasteiger partial charge on any atom is -0.481 e. The SMILES string of the molecule is CCC1=C(C)c2cc3nc(cc4[nH]c(cc5[nH]c(cc1n2)c(C)c5C(C)OC(C)c1c(C)c2cc5nc(cc6nc(cc7[nH]c(cc1[nH]2)c(C)c7CCC(=O)O)C(CCC(=O)O)=C6C)-c1c-5ccc(C(=O)O)c1C(=O)O)c(C)c4CCC(=O)O)C(CCC(=O)O)=C3C. The van der Waals surface area contributed by atoms with E-state index in [-0.39, 0.29) is 62.6 Å². The monoisotopic (exact) mass is 1240 g/mol. The summed E-state index contributed by atoms with van der Waals surface area (Å²) in [5, 5.41) is 60.8. The van der Waals surface area contributed by atoms with Crippen LogP contribution in [0.4, 0.5) is 0 Å². The maximum absolute atomic E-state index is 13.2. The lowest BCUT2D eigenvalue weighted by molar-refractivity contribution is -0.138. The summed E-state index contributed by atoms with van der Waals surface area (Å²) >= 11 is 0. The minimum absolute atomic E-state index is 0.0591. The molecule has 0 aliphatic carbocycles. The molecule has 0 spiro atoms. The molecule has 21 nitrogen and oxygen atoms in total. The zero-order valence-electron chi connectivity index (χ0n) is 52.6. The highest BCUT2D eigenvalue weighted by atomic mass is 16.5. The number of carboxylic acids is 6. The number of hydrogen-bond acceptors (Lipinski definition) is 11. The molecule has 0 saturated carbocycles. The van der Waals surface area contributed by atoms with E-state index >= 15 is 0 Å². The summed E-state index contributed by atoms with van der Waals surface area (Å²) < 4.78 is 7.29. The Bertz CT molecular complexity index is 4870. The number of carbonyl (C=O) groups is 6. The molecule has 7 aromatic rings. The average molecular weight is 1240 g/mol. The van der Waals surface area contributed by atoms with Gasteiger partial charge in [-0.2, -0.15) is 0 Å². The van der Waals surface area contributed by atoms with Crippen LogP contribution in [-0.4, -0.2) is 106 Å². The molecule has 2 unspecified atom stereocenters. The predicted molar refractivity (Wildman–Crippen MR) is 351 cm³/mol. The fourth-order valence-electron chi connectivity index (χ4n) is 13.6. The summed E-state index contributed by atoms with van der Waals surface area (Å²) in [5.74, 6) is -6.91. The molecule has 10 heterocycles. The Kier molecular flexibility index (Phi) is 16.9. The number of carboxylic acid groups (broad SMARTS) is 6. The molecule has 21 heteroatoms. The van der Waals surface area contributed by atoms with Gasteiger partial charge in [0.15, 0.2) is 0 Å². The summed E-state index contributed by atoms with van der Waals surface area (Å²) in [6, 6.07) is 17.7. The number of aryl methyl sites for hydroxylation is 6. The lowest BCUT2D eigenvalue weighted by atomic mass is 9.93. The Hall–Kier alpha value is -10.5. The standard InChI is InChI=1S/C71H70N8O13/c1-11-39-30(2)46-22-47-31(3)40(14-18-62(80)81)54(73-47)28-55-41(15-19-63(82)83)32(4)48(74-55)25-59-66(35(7)51(77-59)23-53(39)72-46)37(9)92-38(10)67-36(8)52-24-58-44-12-13-45(70(88)89)69(71(90)91)68(44)61(79-58)27-50-34(6)43(17-21-65(86)87)57(76-50)29-56-42(16-20-64(84)85)33(5)49(75-56)26-60(67)78-52/h12-13,22-29,37-38,74-75,77-78H,11,14-21H2,1-10H3,(H,80,81)(H,82,83)(H,84,85)(H,86,87)(H,88,89)(H,90,91). The number of H-pyrrole nitrogens is 4. The van der Waals surface area contributed by atoms with E-state index in [1.165, 1.54) is 12.1 Å². The largest absolute Gasteiger partial charge is 0.481 e. The summed E-state index contributed by atoms with van der Waals surface area (Å²) in [6.07, 6.45) is -0.773. The van der Waals surface area contributed by atoms with Crippen molar-refractivity contribution in [3.63, 3.8) is 0 Å². The van der Waals surface area contributed by atoms with Crippen molar-refractivity contribution in [3.05, 3.63) is 150 Å². The molecule has 92 heavy (non-hydrogen) atoms. The summed E-state index contributed by atoms with van der Waals surface area (Å²) in [4.78, 5) is 109. The van der Waals surface area contributed by atoms with E-state index in [0.717, 1.165) is 78.1 Å². The number of aromatic nitrogens is 8. The Morgan fingerprint density at radius 3 is 1.21 bits per heavy atom. The zero-order chi connectivity index (χ0) is 66.0. The van der Waals surface area contributed by atoms with E-state index in [1.54, 1.807) is 25.1 Å². The molecule has 4 aliphatic rings. The van der Waals surface area contributed by atoms with Gasteiger partial charge in [-0.05, 0) is 216 Å². The van der Waals surface area contributed by atoms with E-state index in [9.17, 15) is 59.4 Å². The molecule has 472 valence electrons. The second-order valence-electron chi connectivity index (χ2n) is 24.0. The van der Waals surface area contributed by atoms with Crippen LogP contribution in [0, 0.1) is 27.7 Å². The number of aromatic carboxylic acids is 2. The normalized spacial score (nSPS) is 13.6. The third-order valence-corrected chi connectivity index (χ3v) is 18.4. The molecular weight excluding hydrogens is 1170 g/mol. The van der Waals surface area contributed by atoms with E-state index in [0.29, 0.717) is 95.8 Å². The average Bonchev–Trinajstić information content (AvgIpc) is 1.59. The molecular formula is C71H70N8O13. The number of fused-ring (bicyclic) bond motifs is 19. The molecule has 0 amide bonds. The van der Waals surface area contributed by atoms with E-state index < -0.39 is 59.2 Å². The maximum Gasteiger partial charge on any atom is 0.337 e. The predicted octanol–water partition coefficient (Wildman–Crippen LogP) is 14.7. The first-order valence-corrected chi connectivity index (χ1v) is 30.5. The zero-order valence-corrected chi connectivity index (χ0v) is 52.6. The number of hydrogen-bond donors (Lipinski definition) is 10. The first-order valence-electron chi connectivity index (χ1n) is 30.5. The molecule has 16 bridgehead atoms. The van der Waals surface area contributed by atoms with Gasteiger partial charge < -0.3 is 55.3 Å². The van der Waals surface area contributed by atoms with Crippen LogP contribution in [0.25, 0.3) is 100 Å². The van der Waals surface area contributed by atoms with Crippen molar-refractivity contribution < 1.29 is 64.1 Å². The Morgan fingerprint density at radius 2 is 0.783 bits per heavy atom. The molecule has 0 saturated heterocycles. The van der Waals surface area contributed by atoms with Crippen molar-refractivity contribution in [1.29, 1.82) is 0 Å². The number of allylic oxidation sites excluding steroid dienone is 6. The number of ether oxygens (including phenoxy) is 1. The molecule has 2 atom stereocenters. The summed E-state index contributed by atoms with van der Waals surface area (Å²) in [5.41, 5.74) is 19.5. The summed E-state index contributed by atoms with van der Waals surface area (Å²) in [7, 11) is 0. The summed E-state index contributed by atoms with van der Waals surface area (Å²) in [6.45, 7) is 19.5. The Labute approximate surface area is 527 Å². The fraction of sp³-hybridized carbons (Fsp3) is 0.296. The maximum atomic E-state index is 13.2. The molecule has 0 radical (unpaired) electrons. The first kappa shape index (κ1) is 63.0. The van der Waals surface area contributed by atoms with Gasteiger partial charge in [-0.1, -0.05) is 13.0 Å².